The molecule has 0 aromatic heterocycles. The van der Waals surface area contributed by atoms with E-state index in [-0.39, 0.29) is 24.2 Å². The van der Waals surface area contributed by atoms with Gasteiger partial charge in [-0.3, -0.25) is 10.1 Å². The van der Waals surface area contributed by atoms with Crippen molar-refractivity contribution in [1.29, 1.82) is 0 Å². The van der Waals surface area contributed by atoms with Crippen molar-refractivity contribution in [3.63, 3.8) is 0 Å². The molecule has 0 aliphatic heterocycles. The fourth-order valence-corrected chi connectivity index (χ4v) is 2.59. The first-order valence-corrected chi connectivity index (χ1v) is 7.06. The van der Waals surface area contributed by atoms with Gasteiger partial charge in [-0.1, -0.05) is 33.1 Å². The topological polar surface area (TPSA) is 58.6 Å². The van der Waals surface area contributed by atoms with Gasteiger partial charge in [0.05, 0.1) is 13.2 Å². The predicted molar refractivity (Wildman–Crippen MR) is 71.3 cm³/mol. The number of nitrogens with one attached hydrogen (secondary N) is 1. The standard InChI is InChI=1S/C14H27NO3/c1-10(2)9-12(14(17)18-3)15-11-7-5-4-6-8-13(11)16/h10-13,15-16H,4-9H2,1-3H3. The third-order valence-corrected chi connectivity index (χ3v) is 3.59. The van der Waals surface area contributed by atoms with Gasteiger partial charge in [-0.2, -0.15) is 0 Å². The normalized spacial score (nSPS) is 26.7. The van der Waals surface area contributed by atoms with Gasteiger partial charge in [-0.15, -0.1) is 0 Å². The van der Waals surface area contributed by atoms with Crippen molar-refractivity contribution < 1.29 is 14.6 Å². The van der Waals surface area contributed by atoms with Gasteiger partial charge in [-0.05, 0) is 25.2 Å². The second-order valence-electron chi connectivity index (χ2n) is 5.68. The van der Waals surface area contributed by atoms with Crippen LogP contribution in [0.4, 0.5) is 0 Å². The molecule has 0 heterocycles. The fourth-order valence-electron chi connectivity index (χ4n) is 2.59. The van der Waals surface area contributed by atoms with Crippen LogP contribution in [0.25, 0.3) is 0 Å². The van der Waals surface area contributed by atoms with Gasteiger partial charge in [0.2, 0.25) is 0 Å². The number of ether oxygens (including phenoxy) is 1. The second kappa shape index (κ2) is 7.74. The highest BCUT2D eigenvalue weighted by molar-refractivity contribution is 5.75. The Hall–Kier alpha value is -0.610. The molecule has 4 heteroatoms. The summed E-state index contributed by atoms with van der Waals surface area (Å²) in [6, 6.07) is -0.275. The van der Waals surface area contributed by atoms with Crippen LogP contribution in [0.3, 0.4) is 0 Å². The molecule has 1 aliphatic rings. The highest BCUT2D eigenvalue weighted by Gasteiger charge is 2.28. The molecule has 0 aromatic rings. The lowest BCUT2D eigenvalue weighted by atomic mass is 10.00. The monoisotopic (exact) mass is 257 g/mol. The average Bonchev–Trinajstić information content (AvgIpc) is 2.52. The molecule has 0 aromatic carbocycles. The molecule has 1 saturated carbocycles. The Kier molecular flexibility index (Phi) is 6.65. The van der Waals surface area contributed by atoms with E-state index in [4.69, 9.17) is 4.74 Å². The van der Waals surface area contributed by atoms with E-state index in [1.165, 1.54) is 13.5 Å². The fraction of sp³-hybridized carbons (Fsp3) is 0.929. The molecule has 0 bridgehead atoms. The summed E-state index contributed by atoms with van der Waals surface area (Å²) in [4.78, 5) is 11.7. The van der Waals surface area contributed by atoms with E-state index in [0.29, 0.717) is 5.92 Å². The minimum Gasteiger partial charge on any atom is -0.468 e. The van der Waals surface area contributed by atoms with Crippen molar-refractivity contribution >= 4 is 5.97 Å². The third kappa shape index (κ3) is 4.94. The molecule has 18 heavy (non-hydrogen) atoms. The minimum atomic E-state index is -0.341. The van der Waals surface area contributed by atoms with Crippen molar-refractivity contribution in [3.8, 4) is 0 Å². The summed E-state index contributed by atoms with van der Waals surface area (Å²) in [6.07, 6.45) is 5.53. The minimum absolute atomic E-state index is 0.0235. The number of methoxy groups -OCH3 is 1. The quantitative estimate of drug-likeness (QED) is 0.583. The first-order valence-electron chi connectivity index (χ1n) is 7.06. The zero-order chi connectivity index (χ0) is 13.5. The number of esters is 1. The number of aliphatic hydroxyl groups excluding tert-OH is 1. The number of aliphatic hydroxyl groups is 1. The van der Waals surface area contributed by atoms with Gasteiger partial charge in [-0.25, -0.2) is 0 Å². The van der Waals surface area contributed by atoms with E-state index in [1.54, 1.807) is 0 Å². The van der Waals surface area contributed by atoms with Crippen molar-refractivity contribution in [2.24, 2.45) is 5.92 Å². The summed E-state index contributed by atoms with van der Waals surface area (Å²) in [7, 11) is 1.42. The predicted octanol–water partition coefficient (Wildman–Crippen LogP) is 1.86. The molecule has 1 aliphatic carbocycles. The Balaban J connectivity index is 2.59. The van der Waals surface area contributed by atoms with E-state index >= 15 is 0 Å². The van der Waals surface area contributed by atoms with Crippen LogP contribution in [0.1, 0.15) is 52.4 Å². The molecule has 0 radical (unpaired) electrons. The number of carbonyl (C=O) groups is 1. The Morgan fingerprint density at radius 1 is 1.33 bits per heavy atom. The van der Waals surface area contributed by atoms with E-state index in [1.807, 2.05) is 0 Å². The van der Waals surface area contributed by atoms with Crippen LogP contribution in [0.5, 0.6) is 0 Å². The molecule has 0 saturated heterocycles. The van der Waals surface area contributed by atoms with Crippen molar-refractivity contribution in [1.82, 2.24) is 5.32 Å². The van der Waals surface area contributed by atoms with Crippen LogP contribution in [-0.2, 0) is 9.53 Å². The van der Waals surface area contributed by atoms with E-state index in [9.17, 15) is 9.90 Å². The smallest absolute Gasteiger partial charge is 0.322 e. The Morgan fingerprint density at radius 2 is 2.00 bits per heavy atom. The molecular weight excluding hydrogens is 230 g/mol. The molecular formula is C14H27NO3. The van der Waals surface area contributed by atoms with E-state index in [2.05, 4.69) is 19.2 Å². The number of hydrogen-bond donors (Lipinski definition) is 2. The summed E-state index contributed by atoms with van der Waals surface area (Å²) in [6.45, 7) is 4.17. The molecule has 0 amide bonds. The Morgan fingerprint density at radius 3 is 2.61 bits per heavy atom. The Bertz CT molecular complexity index is 255. The summed E-state index contributed by atoms with van der Waals surface area (Å²) in [5.74, 6) is 0.199. The van der Waals surface area contributed by atoms with Crippen LogP contribution in [0, 0.1) is 5.92 Å². The van der Waals surface area contributed by atoms with E-state index < -0.39 is 0 Å². The lowest BCUT2D eigenvalue weighted by Gasteiger charge is -2.27. The number of rotatable bonds is 5. The number of hydrogen-bond acceptors (Lipinski definition) is 4. The first-order chi connectivity index (χ1) is 8.54. The second-order valence-corrected chi connectivity index (χ2v) is 5.68. The molecule has 1 fully saturated rings. The lowest BCUT2D eigenvalue weighted by Crippen LogP contribution is -2.49. The molecule has 106 valence electrons. The summed E-state index contributed by atoms with van der Waals surface area (Å²) in [5.41, 5.74) is 0. The molecule has 3 unspecified atom stereocenters. The van der Waals surface area contributed by atoms with Crippen molar-refractivity contribution in [3.05, 3.63) is 0 Å². The zero-order valence-electron chi connectivity index (χ0n) is 11.8. The number of carbonyl (C=O) groups excluding carboxylic acids is 1. The first kappa shape index (κ1) is 15.4. The summed E-state index contributed by atoms with van der Waals surface area (Å²) in [5, 5.41) is 13.4. The molecule has 1 rings (SSSR count). The maximum absolute atomic E-state index is 11.7. The van der Waals surface area contributed by atoms with Crippen LogP contribution in [0.2, 0.25) is 0 Å². The van der Waals surface area contributed by atoms with Crippen LogP contribution < -0.4 is 5.32 Å². The summed E-state index contributed by atoms with van der Waals surface area (Å²) < 4.78 is 4.84. The van der Waals surface area contributed by atoms with Crippen LogP contribution in [0.15, 0.2) is 0 Å². The average molecular weight is 257 g/mol. The van der Waals surface area contributed by atoms with Crippen LogP contribution >= 0.6 is 0 Å². The van der Waals surface area contributed by atoms with Gasteiger partial charge in [0.15, 0.2) is 0 Å². The van der Waals surface area contributed by atoms with Gasteiger partial charge < -0.3 is 9.84 Å². The van der Waals surface area contributed by atoms with E-state index in [0.717, 1.165) is 32.1 Å². The highest BCUT2D eigenvalue weighted by Crippen LogP contribution is 2.19. The third-order valence-electron chi connectivity index (χ3n) is 3.59. The van der Waals surface area contributed by atoms with Gasteiger partial charge in [0.25, 0.3) is 0 Å². The van der Waals surface area contributed by atoms with Gasteiger partial charge >= 0.3 is 5.97 Å². The zero-order valence-corrected chi connectivity index (χ0v) is 11.8. The van der Waals surface area contributed by atoms with Gasteiger partial charge in [0, 0.05) is 6.04 Å². The molecule has 2 N–H and O–H groups in total. The lowest BCUT2D eigenvalue weighted by molar-refractivity contribution is -0.144. The summed E-state index contributed by atoms with van der Waals surface area (Å²) >= 11 is 0. The molecule has 3 atom stereocenters. The molecule has 0 spiro atoms. The van der Waals surface area contributed by atoms with Gasteiger partial charge in [0.1, 0.15) is 6.04 Å². The van der Waals surface area contributed by atoms with Crippen molar-refractivity contribution in [2.45, 2.75) is 70.6 Å². The largest absolute Gasteiger partial charge is 0.468 e. The SMILES string of the molecule is COC(=O)C(CC(C)C)NC1CCCCCC1O. The molecule has 4 nitrogen and oxygen atoms in total. The van der Waals surface area contributed by atoms with Crippen molar-refractivity contribution in [2.75, 3.05) is 7.11 Å². The maximum Gasteiger partial charge on any atom is 0.322 e. The Labute approximate surface area is 110 Å². The maximum atomic E-state index is 11.7. The highest BCUT2D eigenvalue weighted by atomic mass is 16.5. The van der Waals surface area contributed by atoms with Crippen LogP contribution in [-0.4, -0.2) is 36.4 Å².